The van der Waals surface area contributed by atoms with E-state index in [1.54, 1.807) is 0 Å². The quantitative estimate of drug-likeness (QED) is 0.362. The van der Waals surface area contributed by atoms with Crippen molar-refractivity contribution in [1.82, 2.24) is 0 Å². The van der Waals surface area contributed by atoms with Crippen LogP contribution in [0, 0.1) is 24.7 Å². The van der Waals surface area contributed by atoms with Crippen LogP contribution in [0.3, 0.4) is 0 Å². The molecule has 0 aromatic heterocycles. The SMILES string of the molecule is C#CCI.C#CCI. The maximum absolute atomic E-state index is 4.77. The number of hydrogen-bond acceptors (Lipinski definition) is 0. The Morgan fingerprint density at radius 1 is 1.00 bits per heavy atom. The van der Waals surface area contributed by atoms with Crippen molar-refractivity contribution in [3.63, 3.8) is 0 Å². The summed E-state index contributed by atoms with van der Waals surface area (Å²) in [5.74, 6) is 4.83. The molecule has 0 aliphatic carbocycles. The fourth-order valence-corrected chi connectivity index (χ4v) is 0. The average molecular weight is 332 g/mol. The summed E-state index contributed by atoms with van der Waals surface area (Å²) in [6, 6.07) is 0. The van der Waals surface area contributed by atoms with Crippen molar-refractivity contribution >= 4 is 45.2 Å². The summed E-state index contributed by atoms with van der Waals surface area (Å²) in [6.45, 7) is 0. The van der Waals surface area contributed by atoms with E-state index in [1.165, 1.54) is 0 Å². The van der Waals surface area contributed by atoms with Gasteiger partial charge >= 0.3 is 0 Å². The Labute approximate surface area is 78.1 Å². The van der Waals surface area contributed by atoms with E-state index in [-0.39, 0.29) is 0 Å². The Morgan fingerprint density at radius 3 is 1.12 bits per heavy atom. The Bertz CT molecular complexity index is 80.1. The summed E-state index contributed by atoms with van der Waals surface area (Å²) >= 11 is 4.23. The smallest absolute Gasteiger partial charge is 0.0606 e. The minimum atomic E-state index is 0.817. The van der Waals surface area contributed by atoms with Crippen LogP contribution >= 0.6 is 45.2 Å². The highest BCUT2D eigenvalue weighted by molar-refractivity contribution is 14.1. The summed E-state index contributed by atoms with van der Waals surface area (Å²) in [6.07, 6.45) is 9.54. The van der Waals surface area contributed by atoms with E-state index in [9.17, 15) is 0 Å². The summed E-state index contributed by atoms with van der Waals surface area (Å²) in [5, 5.41) is 0. The van der Waals surface area contributed by atoms with Crippen LogP contribution in [0.2, 0.25) is 0 Å². The summed E-state index contributed by atoms with van der Waals surface area (Å²) in [7, 11) is 0. The van der Waals surface area contributed by atoms with Gasteiger partial charge in [0, 0.05) is 0 Å². The molecular formula is C6H6I2. The second-order valence-electron chi connectivity index (χ2n) is 0.676. The molecule has 8 heavy (non-hydrogen) atoms. The van der Waals surface area contributed by atoms with Crippen LogP contribution in [0.1, 0.15) is 0 Å². The molecule has 0 saturated heterocycles. The van der Waals surface area contributed by atoms with E-state index in [1.807, 2.05) is 0 Å². The van der Waals surface area contributed by atoms with Gasteiger partial charge in [0.15, 0.2) is 0 Å². The molecule has 0 bridgehead atoms. The molecule has 0 aromatic carbocycles. The van der Waals surface area contributed by atoms with Gasteiger partial charge in [-0.2, -0.15) is 0 Å². The van der Waals surface area contributed by atoms with Crippen molar-refractivity contribution < 1.29 is 0 Å². The molecule has 0 unspecified atom stereocenters. The molecule has 0 rings (SSSR count). The van der Waals surface area contributed by atoms with Gasteiger partial charge in [-0.05, 0) is 0 Å². The molecule has 0 spiro atoms. The van der Waals surface area contributed by atoms with Crippen molar-refractivity contribution in [2.45, 2.75) is 0 Å². The second-order valence-corrected chi connectivity index (χ2v) is 2.20. The molecule has 0 nitrogen and oxygen atoms in total. The third-order valence-corrected chi connectivity index (χ3v) is 1.04. The Kier molecular flexibility index (Phi) is 22.3. The van der Waals surface area contributed by atoms with Crippen LogP contribution in [0.25, 0.3) is 0 Å². The highest BCUT2D eigenvalue weighted by Gasteiger charge is 1.46. The predicted octanol–water partition coefficient (Wildman–Crippen LogP) is 2.11. The van der Waals surface area contributed by atoms with Crippen molar-refractivity contribution in [2.75, 3.05) is 8.86 Å². The second kappa shape index (κ2) is 15.6. The highest BCUT2D eigenvalue weighted by Crippen LogP contribution is 1.70. The standard InChI is InChI=1S/2C3H3I/c2*1-2-3-4/h2*1H,3H2. The van der Waals surface area contributed by atoms with Gasteiger partial charge in [0.25, 0.3) is 0 Å². The molecule has 0 heterocycles. The summed E-state index contributed by atoms with van der Waals surface area (Å²) in [4.78, 5) is 0. The van der Waals surface area contributed by atoms with E-state index in [2.05, 4.69) is 57.0 Å². The molecule has 0 N–H and O–H groups in total. The van der Waals surface area contributed by atoms with Crippen molar-refractivity contribution in [2.24, 2.45) is 0 Å². The maximum atomic E-state index is 4.77. The van der Waals surface area contributed by atoms with E-state index in [0.717, 1.165) is 8.86 Å². The van der Waals surface area contributed by atoms with Crippen molar-refractivity contribution in [3.05, 3.63) is 0 Å². The molecule has 0 aromatic rings. The van der Waals surface area contributed by atoms with Gasteiger partial charge in [-0.1, -0.05) is 57.0 Å². The first-order chi connectivity index (χ1) is 3.83. The average Bonchev–Trinajstić information content (AvgIpc) is 1.88. The Balaban J connectivity index is 0. The maximum Gasteiger partial charge on any atom is 0.0606 e. The molecule has 0 saturated carbocycles. The lowest BCUT2D eigenvalue weighted by Crippen LogP contribution is -1.45. The molecule has 0 amide bonds. The van der Waals surface area contributed by atoms with Crippen LogP contribution in [0.15, 0.2) is 0 Å². The topological polar surface area (TPSA) is 0 Å². The van der Waals surface area contributed by atoms with Crippen LogP contribution in [0.4, 0.5) is 0 Å². The fraction of sp³-hybridized carbons (Fsp3) is 0.333. The van der Waals surface area contributed by atoms with E-state index in [4.69, 9.17) is 12.8 Å². The third kappa shape index (κ3) is 30.8. The first-order valence-corrected chi connectivity index (χ1v) is 4.87. The molecule has 44 valence electrons. The molecular weight excluding hydrogens is 326 g/mol. The molecule has 2 heteroatoms. The van der Waals surface area contributed by atoms with Crippen LogP contribution in [0.5, 0.6) is 0 Å². The fourth-order valence-electron chi connectivity index (χ4n) is 0. The van der Waals surface area contributed by atoms with Gasteiger partial charge < -0.3 is 0 Å². The number of hydrogen-bond donors (Lipinski definition) is 0. The van der Waals surface area contributed by atoms with Crippen LogP contribution < -0.4 is 0 Å². The first-order valence-electron chi connectivity index (χ1n) is 1.82. The number of halogens is 2. The van der Waals surface area contributed by atoms with E-state index in [0.29, 0.717) is 0 Å². The molecule has 0 radical (unpaired) electrons. The number of terminal acetylenes is 2. The zero-order valence-electron chi connectivity index (χ0n) is 4.32. The van der Waals surface area contributed by atoms with E-state index >= 15 is 0 Å². The molecule has 0 aliphatic rings. The lowest BCUT2D eigenvalue weighted by Gasteiger charge is -1.50. The monoisotopic (exact) mass is 332 g/mol. The highest BCUT2D eigenvalue weighted by atomic mass is 127. The summed E-state index contributed by atoms with van der Waals surface area (Å²) in [5.41, 5.74) is 0. The van der Waals surface area contributed by atoms with Crippen molar-refractivity contribution in [3.8, 4) is 24.7 Å². The third-order valence-electron chi connectivity index (χ3n) is 0.154. The molecule has 0 aliphatic heterocycles. The lowest BCUT2D eigenvalue weighted by molar-refractivity contribution is 2.06. The number of alkyl halides is 2. The first kappa shape index (κ1) is 11.4. The van der Waals surface area contributed by atoms with Crippen LogP contribution in [-0.2, 0) is 0 Å². The van der Waals surface area contributed by atoms with Gasteiger partial charge in [0.2, 0.25) is 0 Å². The van der Waals surface area contributed by atoms with Gasteiger partial charge in [0.1, 0.15) is 0 Å². The normalized spacial score (nSPS) is 5.00. The Morgan fingerprint density at radius 2 is 1.12 bits per heavy atom. The van der Waals surface area contributed by atoms with Gasteiger partial charge in [-0.25, -0.2) is 0 Å². The number of rotatable bonds is 0. The predicted molar refractivity (Wildman–Crippen MR) is 55.4 cm³/mol. The zero-order chi connectivity index (χ0) is 6.83. The van der Waals surface area contributed by atoms with Gasteiger partial charge in [-0.15, -0.1) is 12.8 Å². The minimum absolute atomic E-state index is 0.817. The largest absolute Gasteiger partial charge is 0.119 e. The van der Waals surface area contributed by atoms with Crippen LogP contribution in [-0.4, -0.2) is 8.86 Å². The zero-order valence-corrected chi connectivity index (χ0v) is 8.64. The molecule has 0 atom stereocenters. The van der Waals surface area contributed by atoms with Gasteiger partial charge in [-0.3, -0.25) is 0 Å². The lowest BCUT2D eigenvalue weighted by atomic mass is 10.9. The van der Waals surface area contributed by atoms with Gasteiger partial charge in [0.05, 0.1) is 8.86 Å². The van der Waals surface area contributed by atoms with E-state index < -0.39 is 0 Å². The molecule has 0 fully saturated rings. The van der Waals surface area contributed by atoms with Crippen molar-refractivity contribution in [1.29, 1.82) is 0 Å². The Hall–Kier alpha value is 0.580. The summed E-state index contributed by atoms with van der Waals surface area (Å²) < 4.78 is 1.63. The minimum Gasteiger partial charge on any atom is -0.119 e.